The van der Waals surface area contributed by atoms with Gasteiger partial charge in [0.05, 0.1) is 42.2 Å². The molecule has 0 bridgehead atoms. The zero-order chi connectivity index (χ0) is 27.9. The number of ether oxygens (including phenoxy) is 2. The molecule has 0 N–H and O–H groups in total. The van der Waals surface area contributed by atoms with Crippen molar-refractivity contribution in [3.63, 3.8) is 0 Å². The molecule has 39 heavy (non-hydrogen) atoms. The van der Waals surface area contributed by atoms with Crippen molar-refractivity contribution in [3.8, 4) is 11.5 Å². The number of methoxy groups -OCH3 is 1. The number of benzene rings is 2. The van der Waals surface area contributed by atoms with Crippen molar-refractivity contribution in [2.75, 3.05) is 25.2 Å². The number of amides is 1. The number of nitrogens with zero attached hydrogens (tertiary/aromatic N) is 1. The van der Waals surface area contributed by atoms with Crippen LogP contribution in [-0.2, 0) is 9.84 Å². The highest BCUT2D eigenvalue weighted by atomic mass is 32.2. The number of hydrogen-bond donors (Lipinski definition) is 0. The smallest absolute Gasteiger partial charge is 0.291 e. The Bertz CT molecular complexity index is 1590. The van der Waals surface area contributed by atoms with E-state index in [9.17, 15) is 18.0 Å². The van der Waals surface area contributed by atoms with Gasteiger partial charge in [-0.1, -0.05) is 32.3 Å². The van der Waals surface area contributed by atoms with Crippen LogP contribution in [0.5, 0.6) is 11.5 Å². The van der Waals surface area contributed by atoms with Gasteiger partial charge >= 0.3 is 0 Å². The zero-order valence-corrected chi connectivity index (χ0v) is 23.7. The molecule has 8 nitrogen and oxygen atoms in total. The molecule has 0 spiro atoms. The van der Waals surface area contributed by atoms with Crippen LogP contribution < -0.4 is 14.9 Å². The van der Waals surface area contributed by atoms with Crippen molar-refractivity contribution in [2.45, 2.75) is 65.0 Å². The number of hydrogen-bond acceptors (Lipinski definition) is 7. The first-order valence-corrected chi connectivity index (χ1v) is 15.4. The van der Waals surface area contributed by atoms with Crippen LogP contribution in [0.4, 0.5) is 0 Å². The summed E-state index contributed by atoms with van der Waals surface area (Å²) in [7, 11) is -1.75. The number of unbranched alkanes of at least 4 members (excludes halogenated alkanes) is 3. The zero-order valence-electron chi connectivity index (χ0n) is 22.9. The number of aryl methyl sites for hydroxylation is 2. The van der Waals surface area contributed by atoms with Gasteiger partial charge in [-0.15, -0.1) is 0 Å². The van der Waals surface area contributed by atoms with Crippen LogP contribution >= 0.6 is 0 Å². The lowest BCUT2D eigenvalue weighted by Gasteiger charge is -2.30. The van der Waals surface area contributed by atoms with E-state index in [1.807, 2.05) is 19.9 Å². The van der Waals surface area contributed by atoms with Gasteiger partial charge in [0.2, 0.25) is 5.76 Å². The molecule has 1 aromatic heterocycles. The van der Waals surface area contributed by atoms with Crippen molar-refractivity contribution in [1.29, 1.82) is 0 Å². The maximum atomic E-state index is 13.9. The van der Waals surface area contributed by atoms with Crippen LogP contribution in [0.25, 0.3) is 11.0 Å². The number of fused-ring (bicyclic) bond motifs is 2. The summed E-state index contributed by atoms with van der Waals surface area (Å²) in [6.45, 7) is 6.55. The van der Waals surface area contributed by atoms with Crippen LogP contribution in [0.2, 0.25) is 0 Å². The molecule has 1 saturated heterocycles. The molecule has 2 atom stereocenters. The van der Waals surface area contributed by atoms with E-state index >= 15 is 0 Å². The summed E-state index contributed by atoms with van der Waals surface area (Å²) in [5, 5.41) is 0.398. The second-order valence-electron chi connectivity index (χ2n) is 10.6. The Morgan fingerprint density at radius 1 is 1.03 bits per heavy atom. The molecule has 2 aliphatic rings. The molecule has 0 saturated carbocycles. The monoisotopic (exact) mass is 553 g/mol. The Morgan fingerprint density at radius 2 is 1.79 bits per heavy atom. The van der Waals surface area contributed by atoms with Crippen molar-refractivity contribution in [3.05, 3.63) is 68.6 Å². The molecule has 5 rings (SSSR count). The average Bonchev–Trinajstić information content (AvgIpc) is 3.41. The highest BCUT2D eigenvalue weighted by molar-refractivity contribution is 7.91. The fraction of sp³-hybridized carbons (Fsp3) is 0.467. The van der Waals surface area contributed by atoms with Gasteiger partial charge in [-0.25, -0.2) is 8.42 Å². The third-order valence-corrected chi connectivity index (χ3v) is 9.63. The Hall–Kier alpha value is -3.33. The third-order valence-electron chi connectivity index (χ3n) is 7.88. The predicted molar refractivity (Wildman–Crippen MR) is 150 cm³/mol. The van der Waals surface area contributed by atoms with Gasteiger partial charge in [0.1, 0.15) is 5.58 Å². The lowest BCUT2D eigenvalue weighted by Crippen LogP contribution is -2.40. The summed E-state index contributed by atoms with van der Waals surface area (Å²) in [6.07, 6.45) is 4.61. The lowest BCUT2D eigenvalue weighted by atomic mass is 9.96. The second-order valence-corrected chi connectivity index (χ2v) is 12.8. The van der Waals surface area contributed by atoms with Gasteiger partial charge < -0.3 is 18.8 Å². The maximum Gasteiger partial charge on any atom is 0.291 e. The minimum Gasteiger partial charge on any atom is -0.493 e. The number of rotatable bonds is 9. The van der Waals surface area contributed by atoms with E-state index in [1.165, 1.54) is 4.90 Å². The number of sulfone groups is 1. The van der Waals surface area contributed by atoms with Gasteiger partial charge in [0.15, 0.2) is 26.8 Å². The average molecular weight is 554 g/mol. The van der Waals surface area contributed by atoms with Crippen LogP contribution in [-0.4, -0.2) is 50.5 Å². The Balaban J connectivity index is 1.61. The fourth-order valence-corrected chi connectivity index (χ4v) is 7.34. The van der Waals surface area contributed by atoms with Gasteiger partial charge in [0.25, 0.3) is 5.91 Å². The van der Waals surface area contributed by atoms with E-state index in [1.54, 1.807) is 31.4 Å². The van der Waals surface area contributed by atoms with Gasteiger partial charge in [-0.3, -0.25) is 9.59 Å². The molecule has 2 aromatic carbocycles. The largest absolute Gasteiger partial charge is 0.493 e. The Labute approximate surface area is 228 Å². The standard InChI is InChI=1S/C30H35NO7S/c1-5-6-7-8-12-37-23-10-9-20(16-25(23)36-4)27-26-28(32)22-14-18(2)19(3)15-24(22)38-29(26)30(33)31(27)21-11-13-39(34,35)17-21/h9-10,14-16,21,27H,5-8,11-13,17H2,1-4H3. The van der Waals surface area contributed by atoms with Crippen LogP contribution in [0.1, 0.15) is 77.9 Å². The second kappa shape index (κ2) is 10.7. The number of carbonyl (C=O) groups is 1. The van der Waals surface area contributed by atoms with E-state index in [-0.39, 0.29) is 28.3 Å². The van der Waals surface area contributed by atoms with Crippen molar-refractivity contribution in [1.82, 2.24) is 4.90 Å². The summed E-state index contributed by atoms with van der Waals surface area (Å²) in [5.41, 5.74) is 2.82. The molecule has 1 amide bonds. The van der Waals surface area contributed by atoms with E-state index in [4.69, 9.17) is 13.9 Å². The normalized spacial score (nSPS) is 20.0. The first-order valence-electron chi connectivity index (χ1n) is 13.6. The summed E-state index contributed by atoms with van der Waals surface area (Å²) < 4.78 is 42.5. The summed E-state index contributed by atoms with van der Waals surface area (Å²) in [4.78, 5) is 29.3. The van der Waals surface area contributed by atoms with Crippen molar-refractivity contribution >= 4 is 26.7 Å². The first-order chi connectivity index (χ1) is 18.6. The molecule has 9 heteroatoms. The van der Waals surface area contributed by atoms with Gasteiger partial charge in [0, 0.05) is 6.04 Å². The summed E-state index contributed by atoms with van der Waals surface area (Å²) >= 11 is 0. The highest BCUT2D eigenvalue weighted by Crippen LogP contribution is 2.43. The predicted octanol–water partition coefficient (Wildman–Crippen LogP) is 5.11. The van der Waals surface area contributed by atoms with Crippen LogP contribution in [0, 0.1) is 13.8 Å². The van der Waals surface area contributed by atoms with E-state index in [0.29, 0.717) is 41.1 Å². The summed E-state index contributed by atoms with van der Waals surface area (Å²) in [5.74, 6) is 0.421. The fourth-order valence-electron chi connectivity index (χ4n) is 5.63. The molecular weight excluding hydrogens is 518 g/mol. The molecule has 2 aliphatic heterocycles. The van der Waals surface area contributed by atoms with Crippen molar-refractivity contribution in [2.24, 2.45) is 0 Å². The van der Waals surface area contributed by atoms with Gasteiger partial charge in [-0.05, 0) is 67.6 Å². The van der Waals surface area contributed by atoms with Crippen LogP contribution in [0.15, 0.2) is 39.5 Å². The molecule has 3 aromatic rings. The Kier molecular flexibility index (Phi) is 7.46. The quantitative estimate of drug-likeness (QED) is 0.339. The highest BCUT2D eigenvalue weighted by Gasteiger charge is 2.48. The molecule has 1 fully saturated rings. The minimum atomic E-state index is -3.29. The van der Waals surface area contributed by atoms with Crippen molar-refractivity contribution < 1.29 is 27.1 Å². The number of carbonyl (C=O) groups excluding carboxylic acids is 1. The summed E-state index contributed by atoms with van der Waals surface area (Å²) in [6, 6.07) is 7.56. The van der Waals surface area contributed by atoms with Gasteiger partial charge in [-0.2, -0.15) is 0 Å². The topological polar surface area (TPSA) is 103 Å². The molecule has 3 heterocycles. The first kappa shape index (κ1) is 27.2. The maximum absolute atomic E-state index is 13.9. The van der Waals surface area contributed by atoms with E-state index in [2.05, 4.69) is 6.92 Å². The lowest BCUT2D eigenvalue weighted by molar-refractivity contribution is 0.0662. The Morgan fingerprint density at radius 3 is 2.49 bits per heavy atom. The van der Waals surface area contributed by atoms with Crippen LogP contribution in [0.3, 0.4) is 0 Å². The van der Waals surface area contributed by atoms with E-state index < -0.39 is 27.8 Å². The molecule has 0 radical (unpaired) electrons. The third kappa shape index (κ3) is 5.04. The molecule has 2 unspecified atom stereocenters. The SMILES string of the molecule is CCCCCCOc1ccc(C2c3c(oc4cc(C)c(C)cc4c3=O)C(=O)N2C2CCS(=O)(=O)C2)cc1OC. The molecular formula is C30H35NO7S. The minimum absolute atomic E-state index is 0.000379. The molecule has 0 aliphatic carbocycles. The molecule has 208 valence electrons. The van der Waals surface area contributed by atoms with E-state index in [0.717, 1.165) is 36.8 Å².